The molecule has 3 aromatic rings. The molecular formula is C15H12FN3O3S. The monoisotopic (exact) mass is 333 g/mol. The Hall–Kier alpha value is -2.74. The Labute approximate surface area is 132 Å². The summed E-state index contributed by atoms with van der Waals surface area (Å²) < 4.78 is 45.2. The van der Waals surface area contributed by atoms with Crippen molar-refractivity contribution in [2.45, 2.75) is 11.3 Å². The van der Waals surface area contributed by atoms with Gasteiger partial charge in [0.2, 0.25) is 5.89 Å². The highest BCUT2D eigenvalue weighted by atomic mass is 32.2. The van der Waals surface area contributed by atoms with E-state index in [1.165, 1.54) is 18.2 Å². The van der Waals surface area contributed by atoms with Crippen molar-refractivity contribution in [3.63, 3.8) is 0 Å². The minimum absolute atomic E-state index is 0.0761. The third kappa shape index (κ3) is 3.54. The number of rotatable bonds is 5. The molecule has 0 radical (unpaired) electrons. The molecule has 0 unspecified atom stereocenters. The summed E-state index contributed by atoms with van der Waals surface area (Å²) >= 11 is 0. The fraction of sp³-hybridized carbons (Fsp3) is 0.0667. The molecule has 23 heavy (non-hydrogen) atoms. The molecule has 6 nitrogen and oxygen atoms in total. The van der Waals surface area contributed by atoms with Crippen molar-refractivity contribution < 1.29 is 17.2 Å². The summed E-state index contributed by atoms with van der Waals surface area (Å²) in [6.07, 6.45) is 0.0761. The second-order valence-electron chi connectivity index (χ2n) is 4.69. The van der Waals surface area contributed by atoms with Crippen molar-refractivity contribution in [2.24, 2.45) is 0 Å². The molecule has 1 N–H and O–H groups in total. The van der Waals surface area contributed by atoms with E-state index in [1.807, 2.05) is 0 Å². The summed E-state index contributed by atoms with van der Waals surface area (Å²) in [5.74, 6) is -0.280. The minimum atomic E-state index is -3.80. The van der Waals surface area contributed by atoms with Crippen LogP contribution in [0.25, 0.3) is 0 Å². The molecule has 8 heteroatoms. The van der Waals surface area contributed by atoms with Gasteiger partial charge in [-0.05, 0) is 23.8 Å². The van der Waals surface area contributed by atoms with E-state index in [0.717, 1.165) is 0 Å². The van der Waals surface area contributed by atoms with Gasteiger partial charge in [0.1, 0.15) is 5.82 Å². The molecule has 2 aromatic carbocycles. The second kappa shape index (κ2) is 6.17. The third-order valence-electron chi connectivity index (χ3n) is 3.04. The highest BCUT2D eigenvalue weighted by molar-refractivity contribution is 7.92. The van der Waals surface area contributed by atoms with Crippen LogP contribution < -0.4 is 4.72 Å². The maximum atomic E-state index is 13.6. The van der Waals surface area contributed by atoms with Gasteiger partial charge in [0.15, 0.2) is 0 Å². The number of halogens is 1. The van der Waals surface area contributed by atoms with E-state index >= 15 is 0 Å². The quantitative estimate of drug-likeness (QED) is 0.776. The Morgan fingerprint density at radius 3 is 2.43 bits per heavy atom. The summed E-state index contributed by atoms with van der Waals surface area (Å²) in [4.78, 5) is 0.0776. The summed E-state index contributed by atoms with van der Waals surface area (Å²) in [6, 6.07) is 13.7. The molecule has 0 aliphatic heterocycles. The fourth-order valence-corrected chi connectivity index (χ4v) is 2.89. The molecule has 0 bridgehead atoms. The van der Waals surface area contributed by atoms with Crippen molar-refractivity contribution in [2.75, 3.05) is 4.72 Å². The van der Waals surface area contributed by atoms with Crippen molar-refractivity contribution in [1.82, 2.24) is 10.2 Å². The van der Waals surface area contributed by atoms with E-state index in [4.69, 9.17) is 4.42 Å². The number of sulfonamides is 1. The van der Waals surface area contributed by atoms with Crippen LogP contribution in [0.1, 0.15) is 11.5 Å². The number of hydrogen-bond acceptors (Lipinski definition) is 5. The Morgan fingerprint density at radius 1 is 1.00 bits per heavy atom. The van der Waals surface area contributed by atoms with Crippen molar-refractivity contribution in [3.8, 4) is 0 Å². The fourth-order valence-electron chi connectivity index (χ4n) is 1.94. The molecule has 118 valence electrons. The molecule has 0 saturated carbocycles. The van der Waals surface area contributed by atoms with Crippen LogP contribution in [-0.2, 0) is 16.4 Å². The molecule has 0 fully saturated rings. The number of nitrogens with one attached hydrogen (secondary N) is 1. The lowest BCUT2D eigenvalue weighted by atomic mass is 10.1. The zero-order valence-electron chi connectivity index (χ0n) is 11.8. The van der Waals surface area contributed by atoms with Crippen molar-refractivity contribution in [1.29, 1.82) is 0 Å². The average Bonchev–Trinajstić information content (AvgIpc) is 2.97. The van der Waals surface area contributed by atoms with Gasteiger partial charge < -0.3 is 4.42 Å². The minimum Gasteiger partial charge on any atom is -0.407 e. The number of benzene rings is 2. The van der Waals surface area contributed by atoms with Gasteiger partial charge in [0, 0.05) is 0 Å². The molecule has 0 aliphatic rings. The Bertz CT molecular complexity index is 910. The highest BCUT2D eigenvalue weighted by Crippen LogP contribution is 2.17. The third-order valence-corrected chi connectivity index (χ3v) is 4.38. The Kier molecular flexibility index (Phi) is 4.07. The molecule has 0 saturated heterocycles. The summed E-state index contributed by atoms with van der Waals surface area (Å²) in [5, 5.41) is 7.34. The lowest BCUT2D eigenvalue weighted by Crippen LogP contribution is -2.12. The number of aromatic nitrogens is 2. The summed E-state index contributed by atoms with van der Waals surface area (Å²) in [6.45, 7) is 0. The predicted octanol–water partition coefficient (Wildman–Crippen LogP) is 2.60. The first-order valence-electron chi connectivity index (χ1n) is 6.68. The van der Waals surface area contributed by atoms with Gasteiger partial charge in [0.25, 0.3) is 10.0 Å². The topological polar surface area (TPSA) is 85.1 Å². The molecule has 3 rings (SSSR count). The first-order valence-corrected chi connectivity index (χ1v) is 8.16. The second-order valence-corrected chi connectivity index (χ2v) is 6.37. The summed E-state index contributed by atoms with van der Waals surface area (Å²) in [5.41, 5.74) is 0.383. The molecule has 0 amide bonds. The van der Waals surface area contributed by atoms with E-state index in [0.29, 0.717) is 5.56 Å². The Morgan fingerprint density at radius 2 is 1.70 bits per heavy atom. The molecule has 1 aromatic heterocycles. The predicted molar refractivity (Wildman–Crippen MR) is 80.8 cm³/mol. The van der Waals surface area contributed by atoms with Gasteiger partial charge in [-0.15, -0.1) is 5.10 Å². The molecule has 0 aliphatic carbocycles. The largest absolute Gasteiger partial charge is 0.407 e. The Balaban J connectivity index is 1.77. The smallest absolute Gasteiger partial charge is 0.329 e. The van der Waals surface area contributed by atoms with Gasteiger partial charge >= 0.3 is 6.01 Å². The number of nitrogens with zero attached hydrogens (tertiary/aromatic N) is 2. The van der Waals surface area contributed by atoms with Crippen molar-refractivity contribution >= 4 is 16.0 Å². The standard InChI is InChI=1S/C15H12FN3O3S/c16-13-9-5-4-6-11(13)10-14-17-18-15(22-14)19-23(20,21)12-7-2-1-3-8-12/h1-9H,10H2,(H,18,19). The lowest BCUT2D eigenvalue weighted by Gasteiger charge is -2.03. The average molecular weight is 333 g/mol. The van der Waals surface area contributed by atoms with Gasteiger partial charge in [-0.1, -0.05) is 41.5 Å². The normalized spacial score (nSPS) is 11.3. The van der Waals surface area contributed by atoms with Gasteiger partial charge in [-0.25, -0.2) is 17.5 Å². The van der Waals surface area contributed by atoms with Crippen LogP contribution in [0, 0.1) is 5.82 Å². The molecule has 0 spiro atoms. The van der Waals surface area contributed by atoms with Crippen LogP contribution in [0.4, 0.5) is 10.4 Å². The zero-order valence-corrected chi connectivity index (χ0v) is 12.6. The SMILES string of the molecule is O=S(=O)(Nc1nnc(Cc2ccccc2F)o1)c1ccccc1. The first kappa shape index (κ1) is 15.2. The van der Waals surface area contributed by atoms with E-state index < -0.39 is 15.8 Å². The van der Waals surface area contributed by atoms with Crippen molar-refractivity contribution in [3.05, 3.63) is 71.9 Å². The van der Waals surface area contributed by atoms with E-state index in [-0.39, 0.29) is 23.2 Å². The van der Waals surface area contributed by atoms with Gasteiger partial charge in [-0.2, -0.15) is 0 Å². The molecule has 0 atom stereocenters. The number of anilines is 1. The lowest BCUT2D eigenvalue weighted by molar-refractivity contribution is 0.513. The van der Waals surface area contributed by atoms with Crippen LogP contribution >= 0.6 is 0 Å². The maximum absolute atomic E-state index is 13.6. The van der Waals surface area contributed by atoms with Gasteiger partial charge in [-0.3, -0.25) is 0 Å². The molecular weight excluding hydrogens is 321 g/mol. The van der Waals surface area contributed by atoms with E-state index in [9.17, 15) is 12.8 Å². The van der Waals surface area contributed by atoms with E-state index in [1.54, 1.807) is 36.4 Å². The van der Waals surface area contributed by atoms with Crippen LogP contribution in [-0.4, -0.2) is 18.6 Å². The van der Waals surface area contributed by atoms with Crippen LogP contribution in [0.3, 0.4) is 0 Å². The maximum Gasteiger partial charge on any atom is 0.329 e. The van der Waals surface area contributed by atoms with Gasteiger partial charge in [0.05, 0.1) is 11.3 Å². The van der Waals surface area contributed by atoms with Crippen LogP contribution in [0.5, 0.6) is 0 Å². The number of hydrogen-bond donors (Lipinski definition) is 1. The zero-order chi connectivity index (χ0) is 16.3. The van der Waals surface area contributed by atoms with Crippen LogP contribution in [0.15, 0.2) is 63.9 Å². The molecule has 1 heterocycles. The first-order chi connectivity index (χ1) is 11.0. The van der Waals surface area contributed by atoms with Crippen LogP contribution in [0.2, 0.25) is 0 Å². The summed E-state index contributed by atoms with van der Waals surface area (Å²) in [7, 11) is -3.80. The van der Waals surface area contributed by atoms with E-state index in [2.05, 4.69) is 14.9 Å². The highest BCUT2D eigenvalue weighted by Gasteiger charge is 2.18.